The molecule has 0 aromatic heterocycles. The second kappa shape index (κ2) is 7.54. The lowest BCUT2D eigenvalue weighted by atomic mass is 10.0. The molecule has 0 bridgehead atoms. The van der Waals surface area contributed by atoms with E-state index in [4.69, 9.17) is 0 Å². The van der Waals surface area contributed by atoms with Crippen LogP contribution in [0.4, 0.5) is 18.0 Å². The van der Waals surface area contributed by atoms with Gasteiger partial charge in [-0.15, -0.1) is 0 Å². The Morgan fingerprint density at radius 3 is 2.87 bits per heavy atom. The number of carbonyl (C=O) groups excluding carboxylic acids is 1. The van der Waals surface area contributed by atoms with Gasteiger partial charge < -0.3 is 20.1 Å². The summed E-state index contributed by atoms with van der Waals surface area (Å²) in [5.41, 5.74) is -0.132. The maximum Gasteiger partial charge on any atom is 0.387 e. The first kappa shape index (κ1) is 17.4. The molecule has 1 aromatic carbocycles. The minimum absolute atomic E-state index is 0.00643. The van der Waals surface area contributed by atoms with E-state index in [0.29, 0.717) is 19.5 Å². The number of nitrogens with one attached hydrogen (secondary N) is 1. The average molecular weight is 332 g/mol. The van der Waals surface area contributed by atoms with Crippen molar-refractivity contribution < 1.29 is 27.8 Å². The highest BCUT2D eigenvalue weighted by atomic mass is 19.3. The zero-order valence-electron chi connectivity index (χ0n) is 12.6. The fraction of sp³-hybridized carbons (Fsp3) is 0.533. The lowest BCUT2D eigenvalue weighted by molar-refractivity contribution is -0.0506. The summed E-state index contributed by atoms with van der Waals surface area (Å²) in [5.74, 6) is -1.03. The predicted octanol–water partition coefficient (Wildman–Crippen LogP) is 2.34. The fourth-order valence-corrected chi connectivity index (χ4v) is 2.56. The van der Waals surface area contributed by atoms with Crippen LogP contribution in [0, 0.1) is 11.7 Å². The van der Waals surface area contributed by atoms with Crippen LogP contribution in [-0.4, -0.2) is 41.8 Å². The minimum atomic E-state index is -3.07. The first-order chi connectivity index (χ1) is 10.9. The van der Waals surface area contributed by atoms with Gasteiger partial charge in [0.1, 0.15) is 11.6 Å². The van der Waals surface area contributed by atoms with Gasteiger partial charge in [-0.2, -0.15) is 8.78 Å². The standard InChI is InChI=1S/C15H19F3N2O3/c1-9(21)10-5-6-20(8-10)15(22)19-7-11-12(16)3-2-4-13(11)23-14(17)18/h2-4,9-10,14,21H,5-8H2,1H3,(H,19,22)/t9-,10+/m1/s1. The molecule has 0 unspecified atom stereocenters. The van der Waals surface area contributed by atoms with Crippen LogP contribution >= 0.6 is 0 Å². The number of carbonyl (C=O) groups is 1. The van der Waals surface area contributed by atoms with Crippen molar-refractivity contribution in [1.82, 2.24) is 10.2 Å². The third kappa shape index (κ3) is 4.51. The molecule has 0 spiro atoms. The molecule has 1 aliphatic heterocycles. The van der Waals surface area contributed by atoms with Gasteiger partial charge in [0.25, 0.3) is 0 Å². The summed E-state index contributed by atoms with van der Waals surface area (Å²) in [7, 11) is 0. The summed E-state index contributed by atoms with van der Waals surface area (Å²) in [5, 5.41) is 12.0. The highest BCUT2D eigenvalue weighted by molar-refractivity contribution is 5.74. The van der Waals surface area contributed by atoms with Crippen LogP contribution in [0.5, 0.6) is 5.75 Å². The van der Waals surface area contributed by atoms with E-state index in [-0.39, 0.29) is 23.8 Å². The molecule has 1 aromatic rings. The molecular formula is C15H19F3N2O3. The molecule has 1 aliphatic rings. The van der Waals surface area contributed by atoms with Gasteiger partial charge in [0.05, 0.1) is 12.6 Å². The van der Waals surface area contributed by atoms with Crippen LogP contribution in [0.25, 0.3) is 0 Å². The monoisotopic (exact) mass is 332 g/mol. The smallest absolute Gasteiger partial charge is 0.387 e. The van der Waals surface area contributed by atoms with E-state index in [9.17, 15) is 23.1 Å². The number of benzene rings is 1. The Morgan fingerprint density at radius 1 is 1.52 bits per heavy atom. The highest BCUT2D eigenvalue weighted by Gasteiger charge is 2.29. The number of hydrogen-bond acceptors (Lipinski definition) is 3. The third-order valence-corrected chi connectivity index (χ3v) is 3.90. The number of aliphatic hydroxyl groups excluding tert-OH is 1. The molecule has 8 heteroatoms. The van der Waals surface area contributed by atoms with Crippen molar-refractivity contribution in [2.45, 2.75) is 32.6 Å². The van der Waals surface area contributed by atoms with Crippen LogP contribution in [-0.2, 0) is 6.54 Å². The van der Waals surface area contributed by atoms with E-state index in [1.54, 1.807) is 6.92 Å². The van der Waals surface area contributed by atoms with Gasteiger partial charge in [0, 0.05) is 24.6 Å². The summed E-state index contributed by atoms with van der Waals surface area (Å²) in [4.78, 5) is 13.6. The largest absolute Gasteiger partial charge is 0.434 e. The molecule has 2 atom stereocenters. The van der Waals surface area contributed by atoms with Crippen molar-refractivity contribution in [3.8, 4) is 5.75 Å². The Morgan fingerprint density at radius 2 is 2.26 bits per heavy atom. The number of amides is 2. The molecule has 2 amide bonds. The molecule has 2 rings (SSSR count). The van der Waals surface area contributed by atoms with Gasteiger partial charge in [0.15, 0.2) is 0 Å². The molecule has 1 fully saturated rings. The Kier molecular flexibility index (Phi) is 5.70. The number of likely N-dealkylation sites (tertiary alicyclic amines) is 1. The third-order valence-electron chi connectivity index (χ3n) is 3.90. The number of nitrogens with zero attached hydrogens (tertiary/aromatic N) is 1. The van der Waals surface area contributed by atoms with Crippen molar-refractivity contribution in [2.24, 2.45) is 5.92 Å². The van der Waals surface area contributed by atoms with Crippen molar-refractivity contribution in [1.29, 1.82) is 0 Å². The molecule has 5 nitrogen and oxygen atoms in total. The fourth-order valence-electron chi connectivity index (χ4n) is 2.56. The quantitative estimate of drug-likeness (QED) is 0.870. The van der Waals surface area contributed by atoms with Crippen LogP contribution in [0.1, 0.15) is 18.9 Å². The Bertz CT molecular complexity index is 555. The zero-order valence-corrected chi connectivity index (χ0v) is 12.6. The predicted molar refractivity (Wildman–Crippen MR) is 76.6 cm³/mol. The maximum atomic E-state index is 13.8. The minimum Gasteiger partial charge on any atom is -0.434 e. The normalized spacial score (nSPS) is 19.0. The number of hydrogen-bond donors (Lipinski definition) is 2. The summed E-state index contributed by atoms with van der Waals surface area (Å²) >= 11 is 0. The van der Waals surface area contributed by atoms with Gasteiger partial charge >= 0.3 is 12.6 Å². The van der Waals surface area contributed by atoms with Gasteiger partial charge in [-0.05, 0) is 25.5 Å². The van der Waals surface area contributed by atoms with E-state index in [0.717, 1.165) is 6.07 Å². The van der Waals surface area contributed by atoms with Crippen molar-refractivity contribution in [3.05, 3.63) is 29.6 Å². The number of halogens is 3. The van der Waals surface area contributed by atoms with Gasteiger partial charge in [-0.3, -0.25) is 0 Å². The molecule has 23 heavy (non-hydrogen) atoms. The Hall–Kier alpha value is -1.96. The zero-order chi connectivity index (χ0) is 17.0. The molecular weight excluding hydrogens is 313 g/mol. The summed E-state index contributed by atoms with van der Waals surface area (Å²) in [6.07, 6.45) is 0.176. The number of aliphatic hydroxyl groups is 1. The first-order valence-electron chi connectivity index (χ1n) is 7.31. The molecule has 0 radical (unpaired) electrons. The molecule has 2 N–H and O–H groups in total. The lowest BCUT2D eigenvalue weighted by Crippen LogP contribution is -2.39. The van der Waals surface area contributed by atoms with Gasteiger partial charge in [0.2, 0.25) is 0 Å². The van der Waals surface area contributed by atoms with Gasteiger partial charge in [-0.25, -0.2) is 9.18 Å². The van der Waals surface area contributed by atoms with E-state index in [1.165, 1.54) is 17.0 Å². The van der Waals surface area contributed by atoms with Crippen LogP contribution in [0.3, 0.4) is 0 Å². The van der Waals surface area contributed by atoms with Crippen molar-refractivity contribution in [3.63, 3.8) is 0 Å². The molecule has 0 saturated carbocycles. The van der Waals surface area contributed by atoms with E-state index >= 15 is 0 Å². The van der Waals surface area contributed by atoms with Crippen LogP contribution in [0.2, 0.25) is 0 Å². The van der Waals surface area contributed by atoms with Crippen LogP contribution < -0.4 is 10.1 Å². The van der Waals surface area contributed by atoms with Crippen molar-refractivity contribution >= 4 is 6.03 Å². The first-order valence-corrected chi connectivity index (χ1v) is 7.31. The van der Waals surface area contributed by atoms with E-state index in [2.05, 4.69) is 10.1 Å². The summed E-state index contributed by atoms with van der Waals surface area (Å²) in [6.45, 7) is -0.778. The second-order valence-electron chi connectivity index (χ2n) is 5.49. The second-order valence-corrected chi connectivity index (χ2v) is 5.49. The average Bonchev–Trinajstić information content (AvgIpc) is 2.96. The molecule has 1 heterocycles. The van der Waals surface area contributed by atoms with Gasteiger partial charge in [-0.1, -0.05) is 6.07 Å². The highest BCUT2D eigenvalue weighted by Crippen LogP contribution is 2.24. The number of urea groups is 1. The summed E-state index contributed by atoms with van der Waals surface area (Å²) < 4.78 is 42.7. The molecule has 1 saturated heterocycles. The SMILES string of the molecule is C[C@@H](O)[C@H]1CCN(C(=O)NCc2c(F)cccc2OC(F)F)C1. The molecule has 0 aliphatic carbocycles. The number of ether oxygens (including phenoxy) is 1. The topological polar surface area (TPSA) is 61.8 Å². The van der Waals surface area contributed by atoms with Crippen LogP contribution in [0.15, 0.2) is 18.2 Å². The maximum absolute atomic E-state index is 13.8. The Labute approximate surface area is 132 Å². The number of rotatable bonds is 5. The van der Waals surface area contributed by atoms with Crippen molar-refractivity contribution in [2.75, 3.05) is 13.1 Å². The Balaban J connectivity index is 1.97. The van der Waals surface area contributed by atoms with E-state index < -0.39 is 24.6 Å². The summed E-state index contributed by atoms with van der Waals surface area (Å²) in [6, 6.07) is 3.15. The number of alkyl halides is 2. The lowest BCUT2D eigenvalue weighted by Gasteiger charge is -2.19. The molecule has 128 valence electrons. The van der Waals surface area contributed by atoms with E-state index in [1.807, 2.05) is 0 Å².